The summed E-state index contributed by atoms with van der Waals surface area (Å²) in [6.45, 7) is 2.49. The van der Waals surface area contributed by atoms with Crippen molar-refractivity contribution in [1.29, 1.82) is 0 Å². The quantitative estimate of drug-likeness (QED) is 0.621. The van der Waals surface area contributed by atoms with Gasteiger partial charge in [-0.15, -0.1) is 10.2 Å². The van der Waals surface area contributed by atoms with E-state index >= 15 is 0 Å². The summed E-state index contributed by atoms with van der Waals surface area (Å²) in [5, 5.41) is 19.5. The normalized spacial score (nSPS) is 19.9. The van der Waals surface area contributed by atoms with Crippen LogP contribution in [-0.4, -0.2) is 27.7 Å². The molecule has 0 radical (unpaired) electrons. The number of benzene rings is 2. The van der Waals surface area contributed by atoms with Gasteiger partial charge in [0.05, 0.1) is 12.1 Å². The smallest absolute Gasteiger partial charge is 0.282 e. The molecule has 27 heavy (non-hydrogen) atoms. The number of hydrogen-bond donors (Lipinski definition) is 3. The number of aromatic hydroxyl groups is 1. The molecule has 3 aromatic rings. The zero-order valence-electron chi connectivity index (χ0n) is 15.0. The van der Waals surface area contributed by atoms with Gasteiger partial charge in [0.1, 0.15) is 6.04 Å². The Kier molecular flexibility index (Phi) is 4.70. The molecule has 0 spiro atoms. The lowest BCUT2D eigenvalue weighted by molar-refractivity contribution is -0.120. The lowest BCUT2D eigenvalue weighted by atomic mass is 10.1. The van der Waals surface area contributed by atoms with Crippen LogP contribution in [0.1, 0.15) is 18.9 Å². The SMILES string of the molecule is CC1CC(C(=O)N=Nc2c(O)n(Cc3ccccc3)c3ccccc23)NN1. The van der Waals surface area contributed by atoms with E-state index in [4.69, 9.17) is 0 Å². The van der Waals surface area contributed by atoms with E-state index in [1.165, 1.54) is 0 Å². The average Bonchev–Trinajstić information content (AvgIpc) is 3.23. The molecular weight excluding hydrogens is 342 g/mol. The van der Waals surface area contributed by atoms with Gasteiger partial charge < -0.3 is 9.67 Å². The summed E-state index contributed by atoms with van der Waals surface area (Å²) in [7, 11) is 0. The number of azo groups is 1. The fraction of sp³-hybridized carbons (Fsp3) is 0.250. The predicted molar refractivity (Wildman–Crippen MR) is 103 cm³/mol. The summed E-state index contributed by atoms with van der Waals surface area (Å²) in [6, 6.07) is 17.2. The Morgan fingerprint density at radius 1 is 1.15 bits per heavy atom. The topological polar surface area (TPSA) is 91.0 Å². The zero-order valence-corrected chi connectivity index (χ0v) is 15.0. The van der Waals surface area contributed by atoms with Crippen molar-refractivity contribution in [2.45, 2.75) is 32.0 Å². The predicted octanol–water partition coefficient (Wildman–Crippen LogP) is 3.26. The van der Waals surface area contributed by atoms with Crippen LogP contribution in [0, 0.1) is 0 Å². The van der Waals surface area contributed by atoms with Crippen LogP contribution in [0.5, 0.6) is 5.88 Å². The van der Waals surface area contributed by atoms with Crippen LogP contribution in [0.4, 0.5) is 5.69 Å². The van der Waals surface area contributed by atoms with Crippen LogP contribution in [0.25, 0.3) is 10.9 Å². The standard InChI is InChI=1S/C20H21N5O2/c1-13-11-16(22-21-13)19(26)24-23-18-15-9-5-6-10-17(15)25(20(18)27)12-14-7-3-2-4-8-14/h2-10,13,16,21-22,27H,11-12H2,1H3. The van der Waals surface area contributed by atoms with Gasteiger partial charge in [0, 0.05) is 11.4 Å². The summed E-state index contributed by atoms with van der Waals surface area (Å²) < 4.78 is 1.78. The fourth-order valence-corrected chi connectivity index (χ4v) is 3.34. The molecule has 2 heterocycles. The van der Waals surface area contributed by atoms with Crippen molar-refractivity contribution in [3.05, 3.63) is 60.2 Å². The van der Waals surface area contributed by atoms with Gasteiger partial charge in [0.25, 0.3) is 5.91 Å². The highest BCUT2D eigenvalue weighted by Gasteiger charge is 2.27. The minimum absolute atomic E-state index is 0.00229. The molecule has 1 saturated heterocycles. The molecule has 2 aromatic carbocycles. The minimum Gasteiger partial charge on any atom is -0.493 e. The molecule has 2 atom stereocenters. The third-order valence-electron chi connectivity index (χ3n) is 4.74. The van der Waals surface area contributed by atoms with Crippen LogP contribution < -0.4 is 10.9 Å². The number of carbonyl (C=O) groups is 1. The number of rotatable bonds is 4. The Hall–Kier alpha value is -3.03. The number of hydrazine groups is 1. The van der Waals surface area contributed by atoms with Crippen LogP contribution in [0.3, 0.4) is 0 Å². The van der Waals surface area contributed by atoms with Crippen molar-refractivity contribution < 1.29 is 9.90 Å². The monoisotopic (exact) mass is 363 g/mol. The van der Waals surface area contributed by atoms with Gasteiger partial charge in [-0.25, -0.2) is 5.43 Å². The molecule has 0 aliphatic carbocycles. The maximum atomic E-state index is 12.3. The Bertz CT molecular complexity index is 996. The van der Waals surface area contributed by atoms with Crippen molar-refractivity contribution in [3.8, 4) is 5.88 Å². The van der Waals surface area contributed by atoms with Gasteiger partial charge in [0.15, 0.2) is 5.69 Å². The molecule has 1 aliphatic rings. The first kappa shape index (κ1) is 17.4. The molecule has 138 valence electrons. The van der Waals surface area contributed by atoms with Crippen molar-refractivity contribution in [1.82, 2.24) is 15.4 Å². The molecule has 1 aromatic heterocycles. The number of fused-ring (bicyclic) bond motifs is 1. The van der Waals surface area contributed by atoms with Crippen molar-refractivity contribution in [2.75, 3.05) is 0 Å². The second-order valence-corrected chi connectivity index (χ2v) is 6.78. The van der Waals surface area contributed by atoms with E-state index < -0.39 is 6.04 Å². The van der Waals surface area contributed by atoms with Crippen molar-refractivity contribution >= 4 is 22.5 Å². The Labute approximate surface area is 156 Å². The van der Waals surface area contributed by atoms with Crippen LogP contribution in [-0.2, 0) is 11.3 Å². The number of nitrogens with one attached hydrogen (secondary N) is 2. The molecule has 4 rings (SSSR count). The molecule has 1 aliphatic heterocycles. The molecule has 1 amide bonds. The Morgan fingerprint density at radius 2 is 1.89 bits per heavy atom. The summed E-state index contributed by atoms with van der Waals surface area (Å²) in [5.41, 5.74) is 8.12. The van der Waals surface area contributed by atoms with Gasteiger partial charge in [-0.2, -0.15) is 0 Å². The van der Waals surface area contributed by atoms with Crippen LogP contribution in [0.15, 0.2) is 64.8 Å². The van der Waals surface area contributed by atoms with E-state index in [-0.39, 0.29) is 17.8 Å². The summed E-state index contributed by atoms with van der Waals surface area (Å²) >= 11 is 0. The number of carbonyl (C=O) groups excluding carboxylic acids is 1. The number of amides is 1. The van der Waals surface area contributed by atoms with E-state index in [1.807, 2.05) is 61.5 Å². The molecule has 7 heteroatoms. The number of hydrogen-bond acceptors (Lipinski definition) is 5. The van der Waals surface area contributed by atoms with Crippen molar-refractivity contribution in [3.63, 3.8) is 0 Å². The second-order valence-electron chi connectivity index (χ2n) is 6.78. The van der Waals surface area contributed by atoms with Gasteiger partial charge in [-0.1, -0.05) is 48.5 Å². The summed E-state index contributed by atoms with van der Waals surface area (Å²) in [6.07, 6.45) is 0.652. The van der Waals surface area contributed by atoms with Gasteiger partial charge >= 0.3 is 0 Å². The molecule has 7 nitrogen and oxygen atoms in total. The third kappa shape index (κ3) is 3.47. The summed E-state index contributed by atoms with van der Waals surface area (Å²) in [4.78, 5) is 12.3. The van der Waals surface area contributed by atoms with Gasteiger partial charge in [0.2, 0.25) is 5.88 Å². The molecule has 0 bridgehead atoms. The number of nitrogens with zero attached hydrogens (tertiary/aromatic N) is 3. The first-order chi connectivity index (χ1) is 13.1. The first-order valence-electron chi connectivity index (χ1n) is 8.94. The van der Waals surface area contributed by atoms with Crippen molar-refractivity contribution in [2.24, 2.45) is 10.2 Å². The number of para-hydroxylation sites is 1. The van der Waals surface area contributed by atoms with E-state index in [9.17, 15) is 9.90 Å². The highest BCUT2D eigenvalue weighted by Crippen LogP contribution is 2.39. The van der Waals surface area contributed by atoms with Crippen LogP contribution >= 0.6 is 0 Å². The maximum Gasteiger partial charge on any atom is 0.282 e. The highest BCUT2D eigenvalue weighted by atomic mass is 16.3. The largest absolute Gasteiger partial charge is 0.493 e. The van der Waals surface area contributed by atoms with Gasteiger partial charge in [-0.3, -0.25) is 10.2 Å². The van der Waals surface area contributed by atoms with E-state index in [1.54, 1.807) is 4.57 Å². The van der Waals surface area contributed by atoms with E-state index in [2.05, 4.69) is 21.1 Å². The number of aromatic nitrogens is 1. The van der Waals surface area contributed by atoms with Crippen LogP contribution in [0.2, 0.25) is 0 Å². The average molecular weight is 363 g/mol. The first-order valence-corrected chi connectivity index (χ1v) is 8.94. The highest BCUT2D eigenvalue weighted by molar-refractivity contribution is 5.95. The molecule has 3 N–H and O–H groups in total. The molecular formula is C20H21N5O2. The minimum atomic E-state index is -0.399. The molecule has 0 saturated carbocycles. The lowest BCUT2D eigenvalue weighted by Crippen LogP contribution is -2.36. The van der Waals surface area contributed by atoms with E-state index in [0.29, 0.717) is 18.7 Å². The maximum absolute atomic E-state index is 12.3. The summed E-state index contributed by atoms with van der Waals surface area (Å²) in [5.74, 6) is -0.353. The second kappa shape index (κ2) is 7.30. The van der Waals surface area contributed by atoms with E-state index in [0.717, 1.165) is 16.5 Å². The molecule has 1 fully saturated rings. The fourth-order valence-electron chi connectivity index (χ4n) is 3.34. The Morgan fingerprint density at radius 3 is 2.63 bits per heavy atom. The zero-order chi connectivity index (χ0) is 18.8. The lowest BCUT2D eigenvalue weighted by Gasteiger charge is -2.07. The molecule has 2 unspecified atom stereocenters. The Balaban J connectivity index is 1.68. The van der Waals surface area contributed by atoms with Gasteiger partial charge in [-0.05, 0) is 25.0 Å². The third-order valence-corrected chi connectivity index (χ3v) is 4.74.